The zero-order chi connectivity index (χ0) is 12.3. The summed E-state index contributed by atoms with van der Waals surface area (Å²) in [7, 11) is 0. The van der Waals surface area contributed by atoms with E-state index in [0.717, 1.165) is 4.57 Å². The number of carboxylic acid groups (broad SMARTS) is 1. The van der Waals surface area contributed by atoms with Crippen molar-refractivity contribution in [3.63, 3.8) is 0 Å². The van der Waals surface area contributed by atoms with Crippen LogP contribution in [0.1, 0.15) is 30.8 Å². The van der Waals surface area contributed by atoms with Crippen molar-refractivity contribution in [2.45, 2.75) is 32.4 Å². The number of carboxylic acids is 1. The molecule has 0 saturated heterocycles. The minimum absolute atomic E-state index is 0.0586. The summed E-state index contributed by atoms with van der Waals surface area (Å²) in [6.07, 6.45) is 0.317. The smallest absolute Gasteiger partial charge is 0.352 e. The second-order valence-electron chi connectivity index (χ2n) is 4.27. The predicted octanol–water partition coefficient (Wildman–Crippen LogP) is 0.707. The number of nitrogens with zero attached hydrogens (tertiary/aromatic N) is 1. The topological polar surface area (TPSA) is 79.5 Å². The van der Waals surface area contributed by atoms with Crippen LogP contribution in [-0.4, -0.2) is 26.4 Å². The number of rotatable bonds is 4. The van der Waals surface area contributed by atoms with E-state index in [9.17, 15) is 14.7 Å². The van der Waals surface area contributed by atoms with E-state index in [4.69, 9.17) is 5.11 Å². The minimum Gasteiger partial charge on any atom is -0.477 e. The molecule has 0 spiro atoms. The van der Waals surface area contributed by atoms with Crippen LogP contribution in [0.4, 0.5) is 0 Å². The summed E-state index contributed by atoms with van der Waals surface area (Å²) in [6, 6.07) is 4.08. The molecule has 0 unspecified atom stereocenters. The molecule has 1 aromatic rings. The van der Waals surface area contributed by atoms with E-state index >= 15 is 0 Å². The Morgan fingerprint density at radius 1 is 1.44 bits per heavy atom. The van der Waals surface area contributed by atoms with E-state index in [-0.39, 0.29) is 17.8 Å². The third-order valence-corrected chi connectivity index (χ3v) is 2.22. The molecule has 0 aliphatic rings. The van der Waals surface area contributed by atoms with Gasteiger partial charge in [-0.05, 0) is 26.3 Å². The Kier molecular flexibility index (Phi) is 3.49. The van der Waals surface area contributed by atoms with Gasteiger partial charge in [-0.15, -0.1) is 0 Å². The SMILES string of the molecule is CC(C)(O)CCn1c(C(=O)O)cccc1=O. The Morgan fingerprint density at radius 2 is 2.06 bits per heavy atom. The quantitative estimate of drug-likeness (QED) is 0.790. The standard InChI is InChI=1S/C11H15NO4/c1-11(2,16)6-7-12-8(10(14)15)4-3-5-9(12)13/h3-5,16H,6-7H2,1-2H3,(H,14,15). The zero-order valence-corrected chi connectivity index (χ0v) is 9.30. The normalized spacial score (nSPS) is 11.4. The van der Waals surface area contributed by atoms with Gasteiger partial charge in [-0.2, -0.15) is 0 Å². The van der Waals surface area contributed by atoms with Gasteiger partial charge in [0.1, 0.15) is 5.69 Å². The maximum Gasteiger partial charge on any atom is 0.352 e. The molecule has 5 heteroatoms. The maximum absolute atomic E-state index is 11.5. The molecule has 0 fully saturated rings. The molecular formula is C11H15NO4. The Morgan fingerprint density at radius 3 is 2.56 bits per heavy atom. The predicted molar refractivity (Wildman–Crippen MR) is 58.6 cm³/mol. The summed E-state index contributed by atoms with van der Waals surface area (Å²) in [4.78, 5) is 22.4. The molecule has 0 radical (unpaired) electrons. The molecule has 88 valence electrons. The number of aromatic nitrogens is 1. The fourth-order valence-corrected chi connectivity index (χ4v) is 1.32. The third kappa shape index (κ3) is 3.20. The summed E-state index contributed by atoms with van der Waals surface area (Å²) in [5.41, 5.74) is -1.36. The van der Waals surface area contributed by atoms with Gasteiger partial charge in [0, 0.05) is 12.6 Å². The number of aliphatic hydroxyl groups is 1. The van der Waals surface area contributed by atoms with Gasteiger partial charge in [0.25, 0.3) is 5.56 Å². The van der Waals surface area contributed by atoms with Gasteiger partial charge < -0.3 is 14.8 Å². The van der Waals surface area contributed by atoms with Gasteiger partial charge in [0.15, 0.2) is 0 Å². The van der Waals surface area contributed by atoms with Gasteiger partial charge in [0.05, 0.1) is 5.60 Å². The maximum atomic E-state index is 11.5. The first-order chi connectivity index (χ1) is 7.31. The number of pyridine rings is 1. The molecule has 0 atom stereocenters. The molecule has 0 saturated carbocycles. The molecule has 0 aliphatic heterocycles. The van der Waals surface area contributed by atoms with E-state index < -0.39 is 11.6 Å². The van der Waals surface area contributed by atoms with Crippen molar-refractivity contribution in [3.8, 4) is 0 Å². The van der Waals surface area contributed by atoms with Gasteiger partial charge in [-0.1, -0.05) is 6.07 Å². The fourth-order valence-electron chi connectivity index (χ4n) is 1.32. The average Bonchev–Trinajstić information content (AvgIpc) is 2.13. The van der Waals surface area contributed by atoms with E-state index in [0.29, 0.717) is 6.42 Å². The average molecular weight is 225 g/mol. The Bertz CT molecular complexity index is 442. The van der Waals surface area contributed by atoms with Crippen molar-refractivity contribution < 1.29 is 15.0 Å². The monoisotopic (exact) mass is 225 g/mol. The van der Waals surface area contributed by atoms with Crippen molar-refractivity contribution in [1.29, 1.82) is 0 Å². The van der Waals surface area contributed by atoms with E-state index in [1.807, 2.05) is 0 Å². The van der Waals surface area contributed by atoms with Gasteiger partial charge in [0.2, 0.25) is 0 Å². The fraction of sp³-hybridized carbons (Fsp3) is 0.455. The van der Waals surface area contributed by atoms with E-state index in [2.05, 4.69) is 0 Å². The Labute approximate surface area is 93.0 Å². The van der Waals surface area contributed by atoms with Crippen molar-refractivity contribution in [2.75, 3.05) is 0 Å². The molecule has 0 bridgehead atoms. The second kappa shape index (κ2) is 4.49. The lowest BCUT2D eigenvalue weighted by Crippen LogP contribution is -2.29. The first-order valence-corrected chi connectivity index (χ1v) is 4.97. The van der Waals surface area contributed by atoms with Gasteiger partial charge in [-0.25, -0.2) is 4.79 Å². The molecular weight excluding hydrogens is 210 g/mol. The lowest BCUT2D eigenvalue weighted by Gasteiger charge is -2.18. The van der Waals surface area contributed by atoms with Crippen LogP contribution in [0, 0.1) is 0 Å². The molecule has 1 aromatic heterocycles. The van der Waals surface area contributed by atoms with Gasteiger partial charge >= 0.3 is 5.97 Å². The molecule has 16 heavy (non-hydrogen) atoms. The summed E-state index contributed by atoms with van der Waals surface area (Å²) < 4.78 is 1.15. The van der Waals surface area contributed by atoms with Crippen LogP contribution in [0.15, 0.2) is 23.0 Å². The highest BCUT2D eigenvalue weighted by molar-refractivity contribution is 5.85. The molecule has 5 nitrogen and oxygen atoms in total. The van der Waals surface area contributed by atoms with Crippen molar-refractivity contribution >= 4 is 5.97 Å². The zero-order valence-electron chi connectivity index (χ0n) is 9.30. The van der Waals surface area contributed by atoms with E-state index in [1.165, 1.54) is 18.2 Å². The number of hydrogen-bond acceptors (Lipinski definition) is 3. The van der Waals surface area contributed by atoms with Crippen molar-refractivity contribution in [1.82, 2.24) is 4.57 Å². The molecule has 2 N–H and O–H groups in total. The van der Waals surface area contributed by atoms with Crippen LogP contribution in [0.3, 0.4) is 0 Å². The van der Waals surface area contributed by atoms with Crippen LogP contribution < -0.4 is 5.56 Å². The minimum atomic E-state index is -1.14. The number of hydrogen-bond donors (Lipinski definition) is 2. The highest BCUT2D eigenvalue weighted by Gasteiger charge is 2.16. The largest absolute Gasteiger partial charge is 0.477 e. The van der Waals surface area contributed by atoms with Crippen LogP contribution >= 0.6 is 0 Å². The highest BCUT2D eigenvalue weighted by Crippen LogP contribution is 2.09. The van der Waals surface area contributed by atoms with Gasteiger partial charge in [-0.3, -0.25) is 4.79 Å². The molecule has 0 aliphatic carbocycles. The third-order valence-electron chi connectivity index (χ3n) is 2.22. The van der Waals surface area contributed by atoms with Crippen molar-refractivity contribution in [3.05, 3.63) is 34.2 Å². The Balaban J connectivity index is 3.03. The Hall–Kier alpha value is -1.62. The van der Waals surface area contributed by atoms with Crippen molar-refractivity contribution in [2.24, 2.45) is 0 Å². The van der Waals surface area contributed by atoms with E-state index in [1.54, 1.807) is 13.8 Å². The lowest BCUT2D eigenvalue weighted by atomic mass is 10.1. The number of carbonyl (C=O) groups is 1. The van der Waals surface area contributed by atoms with Crippen LogP contribution in [0.5, 0.6) is 0 Å². The second-order valence-corrected chi connectivity index (χ2v) is 4.27. The summed E-state index contributed by atoms with van der Waals surface area (Å²) in [5, 5.41) is 18.4. The molecule has 1 heterocycles. The summed E-state index contributed by atoms with van der Waals surface area (Å²) >= 11 is 0. The molecule has 0 aromatic carbocycles. The van der Waals surface area contributed by atoms with Crippen LogP contribution in [0.2, 0.25) is 0 Å². The van der Waals surface area contributed by atoms with Crippen LogP contribution in [-0.2, 0) is 6.54 Å². The molecule has 1 rings (SSSR count). The van der Waals surface area contributed by atoms with Crippen LogP contribution in [0.25, 0.3) is 0 Å². The first-order valence-electron chi connectivity index (χ1n) is 4.97. The summed E-state index contributed by atoms with van der Waals surface area (Å²) in [6.45, 7) is 3.41. The lowest BCUT2D eigenvalue weighted by molar-refractivity contribution is 0.0614. The summed E-state index contributed by atoms with van der Waals surface area (Å²) in [5.74, 6) is -1.14. The number of aromatic carboxylic acids is 1. The molecule has 0 amide bonds. The first kappa shape index (κ1) is 12.4. The highest BCUT2D eigenvalue weighted by atomic mass is 16.4.